The van der Waals surface area contributed by atoms with Crippen molar-refractivity contribution in [1.29, 1.82) is 0 Å². The average molecular weight is 273 g/mol. The first-order chi connectivity index (χ1) is 9.43. The molecule has 0 amide bonds. The highest BCUT2D eigenvalue weighted by atomic mass is 16.3. The lowest BCUT2D eigenvalue weighted by atomic mass is 9.90. The van der Waals surface area contributed by atoms with Gasteiger partial charge in [0.1, 0.15) is 0 Å². The van der Waals surface area contributed by atoms with Crippen LogP contribution in [0.5, 0.6) is 0 Å². The Morgan fingerprint density at radius 2 is 1.55 bits per heavy atom. The quantitative estimate of drug-likeness (QED) is 0.640. The van der Waals surface area contributed by atoms with Crippen molar-refractivity contribution in [3.63, 3.8) is 0 Å². The molecule has 6 N–H and O–H groups in total. The van der Waals surface area contributed by atoms with Gasteiger partial charge in [-0.1, -0.05) is 0 Å². The van der Waals surface area contributed by atoms with Crippen molar-refractivity contribution in [2.75, 3.05) is 11.5 Å². The van der Waals surface area contributed by atoms with Crippen LogP contribution in [0.2, 0.25) is 0 Å². The van der Waals surface area contributed by atoms with Gasteiger partial charge in [-0.15, -0.1) is 0 Å². The van der Waals surface area contributed by atoms with Gasteiger partial charge in [0.05, 0.1) is 12.2 Å². The van der Waals surface area contributed by atoms with Crippen LogP contribution in [0.4, 0.5) is 11.4 Å². The summed E-state index contributed by atoms with van der Waals surface area (Å²) in [5.74, 6) is 0. The van der Waals surface area contributed by atoms with E-state index in [9.17, 15) is 10.2 Å². The number of anilines is 2. The van der Waals surface area contributed by atoms with Crippen LogP contribution in [0, 0.1) is 0 Å². The summed E-state index contributed by atoms with van der Waals surface area (Å²) in [4.78, 5) is 3.96. The topological polar surface area (TPSA) is 105 Å². The predicted octanol–water partition coefficient (Wildman–Crippen LogP) is 2.02. The van der Waals surface area contributed by atoms with E-state index in [1.54, 1.807) is 32.3 Å². The Morgan fingerprint density at radius 3 is 2.05 bits per heavy atom. The highest BCUT2D eigenvalue weighted by molar-refractivity contribution is 5.84. The summed E-state index contributed by atoms with van der Waals surface area (Å²) in [6, 6.07) is 5.36. The second-order valence-electron chi connectivity index (χ2n) is 4.84. The summed E-state index contributed by atoms with van der Waals surface area (Å²) >= 11 is 0. The van der Waals surface area contributed by atoms with Crippen molar-refractivity contribution >= 4 is 11.4 Å². The third-order valence-corrected chi connectivity index (χ3v) is 3.31. The van der Waals surface area contributed by atoms with E-state index in [1.165, 1.54) is 0 Å². The Hall–Kier alpha value is -2.11. The Bertz CT molecular complexity index is 610. The molecule has 2 aromatic rings. The minimum absolute atomic E-state index is 0.414. The van der Waals surface area contributed by atoms with Gasteiger partial charge in [0.15, 0.2) is 0 Å². The number of aliphatic hydroxyl groups is 2. The first-order valence-corrected chi connectivity index (χ1v) is 6.41. The van der Waals surface area contributed by atoms with Crippen LogP contribution in [0.15, 0.2) is 30.6 Å². The molecule has 5 heteroatoms. The third-order valence-electron chi connectivity index (χ3n) is 3.31. The highest BCUT2D eigenvalue weighted by Crippen LogP contribution is 2.40. The van der Waals surface area contributed by atoms with Gasteiger partial charge in [0, 0.05) is 40.5 Å². The fourth-order valence-corrected chi connectivity index (χ4v) is 2.44. The molecule has 0 bridgehead atoms. The van der Waals surface area contributed by atoms with Crippen molar-refractivity contribution in [2.45, 2.75) is 26.1 Å². The zero-order chi connectivity index (χ0) is 14.9. The van der Waals surface area contributed by atoms with E-state index in [-0.39, 0.29) is 0 Å². The number of pyridine rings is 1. The van der Waals surface area contributed by atoms with Crippen molar-refractivity contribution in [2.24, 2.45) is 0 Å². The van der Waals surface area contributed by atoms with Crippen LogP contribution < -0.4 is 11.5 Å². The number of rotatable bonds is 3. The van der Waals surface area contributed by atoms with E-state index >= 15 is 0 Å². The molecule has 2 atom stereocenters. The maximum atomic E-state index is 9.97. The van der Waals surface area contributed by atoms with Gasteiger partial charge in [0.25, 0.3) is 0 Å². The zero-order valence-electron chi connectivity index (χ0n) is 11.5. The zero-order valence-corrected chi connectivity index (χ0v) is 11.5. The fourth-order valence-electron chi connectivity index (χ4n) is 2.44. The first kappa shape index (κ1) is 14.3. The van der Waals surface area contributed by atoms with Crippen molar-refractivity contribution < 1.29 is 10.2 Å². The molecule has 0 saturated heterocycles. The van der Waals surface area contributed by atoms with Gasteiger partial charge in [-0.05, 0) is 37.6 Å². The minimum atomic E-state index is -0.816. The number of hydrogen-bond acceptors (Lipinski definition) is 5. The molecule has 1 aromatic carbocycles. The van der Waals surface area contributed by atoms with Gasteiger partial charge in [-0.2, -0.15) is 0 Å². The lowest BCUT2D eigenvalue weighted by molar-refractivity contribution is 0.176. The third kappa shape index (κ3) is 2.45. The Morgan fingerprint density at radius 1 is 1.00 bits per heavy atom. The molecule has 0 radical (unpaired) electrons. The van der Waals surface area contributed by atoms with Crippen molar-refractivity contribution in [3.8, 4) is 11.1 Å². The number of aromatic nitrogens is 1. The minimum Gasteiger partial charge on any atom is -0.398 e. The molecule has 1 aromatic heterocycles. The molecule has 5 nitrogen and oxygen atoms in total. The molecular formula is C15H19N3O2. The van der Waals surface area contributed by atoms with Crippen LogP contribution >= 0.6 is 0 Å². The summed E-state index contributed by atoms with van der Waals surface area (Å²) in [6.45, 7) is 3.20. The van der Waals surface area contributed by atoms with Gasteiger partial charge in [-0.3, -0.25) is 4.98 Å². The van der Waals surface area contributed by atoms with E-state index in [4.69, 9.17) is 11.5 Å². The standard InChI is InChI=1S/C15H19N3O2/c1-8(19)13-12(16)7-11(10-3-5-18-6-4-10)15(17)14(13)9(2)20/h3-9,19-20H,16-17H2,1-2H3. The molecular weight excluding hydrogens is 254 g/mol. The smallest absolute Gasteiger partial charge is 0.0786 e. The summed E-state index contributed by atoms with van der Waals surface area (Å²) in [5.41, 5.74) is 15.6. The summed E-state index contributed by atoms with van der Waals surface area (Å²) < 4.78 is 0. The van der Waals surface area contributed by atoms with E-state index in [1.807, 2.05) is 12.1 Å². The van der Waals surface area contributed by atoms with E-state index < -0.39 is 12.2 Å². The van der Waals surface area contributed by atoms with Gasteiger partial charge in [0.2, 0.25) is 0 Å². The monoisotopic (exact) mass is 273 g/mol. The van der Waals surface area contributed by atoms with E-state index in [0.29, 0.717) is 22.5 Å². The molecule has 2 unspecified atom stereocenters. The predicted molar refractivity (Wildman–Crippen MR) is 79.8 cm³/mol. The molecule has 20 heavy (non-hydrogen) atoms. The summed E-state index contributed by atoms with van der Waals surface area (Å²) in [5, 5.41) is 19.8. The maximum Gasteiger partial charge on any atom is 0.0786 e. The Labute approximate surface area is 117 Å². The SMILES string of the molecule is CC(O)c1c(N)cc(-c2ccncc2)c(N)c1C(C)O. The number of benzene rings is 1. The lowest BCUT2D eigenvalue weighted by Crippen LogP contribution is -2.11. The average Bonchev–Trinajstić information content (AvgIpc) is 2.40. The lowest BCUT2D eigenvalue weighted by Gasteiger charge is -2.22. The largest absolute Gasteiger partial charge is 0.398 e. The molecule has 0 aliphatic heterocycles. The second kappa shape index (κ2) is 5.48. The maximum absolute atomic E-state index is 9.97. The highest BCUT2D eigenvalue weighted by Gasteiger charge is 2.21. The molecule has 0 aliphatic rings. The second-order valence-corrected chi connectivity index (χ2v) is 4.84. The van der Waals surface area contributed by atoms with Crippen LogP contribution in [-0.4, -0.2) is 15.2 Å². The molecule has 0 fully saturated rings. The summed E-state index contributed by atoms with van der Waals surface area (Å²) in [7, 11) is 0. The number of aliphatic hydroxyl groups excluding tert-OH is 2. The van der Waals surface area contributed by atoms with Gasteiger partial charge >= 0.3 is 0 Å². The molecule has 0 saturated carbocycles. The molecule has 106 valence electrons. The van der Waals surface area contributed by atoms with Crippen LogP contribution in [0.3, 0.4) is 0 Å². The van der Waals surface area contributed by atoms with E-state index in [0.717, 1.165) is 11.1 Å². The summed E-state index contributed by atoms with van der Waals surface area (Å²) in [6.07, 6.45) is 1.71. The molecule has 2 rings (SSSR count). The first-order valence-electron chi connectivity index (χ1n) is 6.41. The van der Waals surface area contributed by atoms with E-state index in [2.05, 4.69) is 4.98 Å². The van der Waals surface area contributed by atoms with Crippen molar-refractivity contribution in [1.82, 2.24) is 4.98 Å². The van der Waals surface area contributed by atoms with Crippen molar-refractivity contribution in [3.05, 3.63) is 41.7 Å². The van der Waals surface area contributed by atoms with Crippen LogP contribution in [0.25, 0.3) is 11.1 Å². The Kier molecular flexibility index (Phi) is 3.92. The Balaban J connectivity index is 2.74. The number of nitrogens with zero attached hydrogens (tertiary/aromatic N) is 1. The fraction of sp³-hybridized carbons (Fsp3) is 0.267. The number of nitrogen functional groups attached to an aromatic ring is 2. The van der Waals surface area contributed by atoms with Crippen LogP contribution in [0.1, 0.15) is 37.2 Å². The number of nitrogens with two attached hydrogens (primary N) is 2. The molecule has 1 heterocycles. The number of hydrogen-bond donors (Lipinski definition) is 4. The van der Waals surface area contributed by atoms with Gasteiger partial charge in [-0.25, -0.2) is 0 Å². The molecule has 0 spiro atoms. The molecule has 0 aliphatic carbocycles. The van der Waals surface area contributed by atoms with Crippen LogP contribution in [-0.2, 0) is 0 Å². The van der Waals surface area contributed by atoms with Gasteiger partial charge < -0.3 is 21.7 Å². The normalized spacial score (nSPS) is 14.0.